The van der Waals surface area contributed by atoms with E-state index in [1.807, 2.05) is 57.2 Å². The van der Waals surface area contributed by atoms with Crippen LogP contribution in [0.1, 0.15) is 59.6 Å². The summed E-state index contributed by atoms with van der Waals surface area (Å²) in [6.07, 6.45) is 0. The molecule has 0 radical (unpaired) electrons. The maximum Gasteiger partial charge on any atom is 0.301 e. The lowest BCUT2D eigenvalue weighted by atomic mass is 9.85. The van der Waals surface area contributed by atoms with Gasteiger partial charge in [0.25, 0.3) is 5.78 Å². The molecule has 1 saturated heterocycles. The molecule has 0 bridgehead atoms. The molecule has 0 unspecified atom stereocenters. The molecule has 1 aromatic heterocycles. The number of hydrogen-bond acceptors (Lipinski definition) is 5. The van der Waals surface area contributed by atoms with Crippen molar-refractivity contribution in [1.82, 2.24) is 4.98 Å². The molecular weight excluding hydrogens is 432 g/mol. The van der Waals surface area contributed by atoms with Gasteiger partial charge in [0, 0.05) is 10.4 Å². The Kier molecular flexibility index (Phi) is 5.74. The number of thiazole rings is 1. The lowest BCUT2D eigenvalue weighted by Crippen LogP contribution is -2.29. The van der Waals surface area contributed by atoms with Crippen LogP contribution in [0.5, 0.6) is 0 Å². The Bertz CT molecular complexity index is 1240. The highest BCUT2D eigenvalue weighted by Crippen LogP contribution is 2.44. The number of rotatable bonds is 3. The van der Waals surface area contributed by atoms with Gasteiger partial charge in [-0.2, -0.15) is 0 Å². The van der Waals surface area contributed by atoms with Gasteiger partial charge in [-0.1, -0.05) is 74.9 Å². The average molecular weight is 461 g/mol. The average Bonchev–Trinajstić information content (AvgIpc) is 3.23. The van der Waals surface area contributed by atoms with E-state index in [4.69, 9.17) is 0 Å². The van der Waals surface area contributed by atoms with Crippen LogP contribution in [-0.2, 0) is 15.0 Å². The Morgan fingerprint density at radius 1 is 0.970 bits per heavy atom. The van der Waals surface area contributed by atoms with Crippen LogP contribution in [0.3, 0.4) is 0 Å². The van der Waals surface area contributed by atoms with Gasteiger partial charge in [0.15, 0.2) is 5.13 Å². The highest BCUT2D eigenvalue weighted by molar-refractivity contribution is 7.16. The number of hydrogen-bond donors (Lipinski definition) is 1. The first-order valence-corrected chi connectivity index (χ1v) is 11.7. The van der Waals surface area contributed by atoms with E-state index in [1.54, 1.807) is 12.1 Å². The van der Waals surface area contributed by atoms with Crippen molar-refractivity contribution in [2.24, 2.45) is 0 Å². The number of benzene rings is 2. The van der Waals surface area contributed by atoms with Gasteiger partial charge >= 0.3 is 5.91 Å². The molecule has 0 aliphatic carbocycles. The Morgan fingerprint density at radius 3 is 2.09 bits per heavy atom. The molecule has 5 nitrogen and oxygen atoms in total. The first kappa shape index (κ1) is 22.9. The highest BCUT2D eigenvalue weighted by Gasteiger charge is 2.48. The van der Waals surface area contributed by atoms with Crippen LogP contribution in [-0.4, -0.2) is 21.8 Å². The largest absolute Gasteiger partial charge is 0.507 e. The van der Waals surface area contributed by atoms with Crippen LogP contribution in [0.25, 0.3) is 5.76 Å². The second kappa shape index (κ2) is 8.27. The van der Waals surface area contributed by atoms with Crippen molar-refractivity contribution in [3.8, 4) is 0 Å². The predicted octanol–water partition coefficient (Wildman–Crippen LogP) is 5.99. The summed E-state index contributed by atoms with van der Waals surface area (Å²) in [5.74, 6) is -1.56. The fourth-order valence-electron chi connectivity index (χ4n) is 3.94. The number of ketones is 1. The van der Waals surface area contributed by atoms with Crippen LogP contribution >= 0.6 is 11.3 Å². The van der Waals surface area contributed by atoms with Gasteiger partial charge in [0.05, 0.1) is 17.3 Å². The van der Waals surface area contributed by atoms with E-state index in [1.165, 1.54) is 16.2 Å². The van der Waals surface area contributed by atoms with E-state index >= 15 is 0 Å². The molecule has 3 aromatic rings. The minimum absolute atomic E-state index is 0.0359. The van der Waals surface area contributed by atoms with Crippen molar-refractivity contribution >= 4 is 33.9 Å². The Morgan fingerprint density at radius 2 is 1.58 bits per heavy atom. The number of carbonyl (C=O) groups excluding carboxylic acids is 2. The Labute approximate surface area is 198 Å². The molecule has 1 atom stereocenters. The lowest BCUT2D eigenvalue weighted by Gasteiger charge is -2.24. The monoisotopic (exact) mass is 460 g/mol. The molecule has 1 aliphatic heterocycles. The quantitative estimate of drug-likeness (QED) is 0.296. The van der Waals surface area contributed by atoms with Crippen molar-refractivity contribution in [3.05, 3.63) is 86.9 Å². The first-order valence-electron chi connectivity index (χ1n) is 10.9. The molecule has 2 aromatic carbocycles. The van der Waals surface area contributed by atoms with Crippen LogP contribution in [0.15, 0.2) is 54.1 Å². The predicted molar refractivity (Wildman–Crippen MR) is 133 cm³/mol. The van der Waals surface area contributed by atoms with Crippen molar-refractivity contribution < 1.29 is 14.7 Å². The zero-order valence-electron chi connectivity index (χ0n) is 19.8. The lowest BCUT2D eigenvalue weighted by molar-refractivity contribution is -0.132. The van der Waals surface area contributed by atoms with E-state index < -0.39 is 17.7 Å². The SMILES string of the molecule is Cc1ccc(C(O)=C2C(=O)C(=O)N(c3nc(C)c(C)s3)[C@H]2c2ccc(C(C)(C)C)cc2)cc1. The topological polar surface area (TPSA) is 70.5 Å². The number of amides is 1. The molecule has 1 amide bonds. The Hall–Kier alpha value is -3.25. The van der Waals surface area contributed by atoms with E-state index in [9.17, 15) is 14.7 Å². The van der Waals surface area contributed by atoms with Gasteiger partial charge in [-0.05, 0) is 37.3 Å². The third-order valence-electron chi connectivity index (χ3n) is 6.09. The molecule has 1 N–H and O–H groups in total. The summed E-state index contributed by atoms with van der Waals surface area (Å²) in [6.45, 7) is 12.2. The second-order valence-electron chi connectivity index (χ2n) is 9.55. The molecule has 0 spiro atoms. The van der Waals surface area contributed by atoms with Crippen molar-refractivity contribution in [1.29, 1.82) is 0 Å². The Balaban J connectivity index is 1.92. The van der Waals surface area contributed by atoms with Gasteiger partial charge in [-0.25, -0.2) is 4.98 Å². The summed E-state index contributed by atoms with van der Waals surface area (Å²) in [4.78, 5) is 33.4. The summed E-state index contributed by atoms with van der Waals surface area (Å²) in [6, 6.07) is 14.4. The molecule has 0 saturated carbocycles. The van der Waals surface area contributed by atoms with E-state index in [0.717, 1.165) is 27.3 Å². The number of aliphatic hydroxyl groups excluding tert-OH is 1. The summed E-state index contributed by atoms with van der Waals surface area (Å²) in [5, 5.41) is 11.7. The molecule has 33 heavy (non-hydrogen) atoms. The van der Waals surface area contributed by atoms with Crippen molar-refractivity contribution in [2.45, 2.75) is 53.0 Å². The molecule has 1 aliphatic rings. The molecule has 6 heteroatoms. The molecule has 1 fully saturated rings. The zero-order valence-corrected chi connectivity index (χ0v) is 20.6. The van der Waals surface area contributed by atoms with Gasteiger partial charge in [-0.15, -0.1) is 11.3 Å². The van der Waals surface area contributed by atoms with Gasteiger partial charge < -0.3 is 5.11 Å². The minimum Gasteiger partial charge on any atom is -0.507 e. The summed E-state index contributed by atoms with van der Waals surface area (Å²) in [7, 11) is 0. The maximum atomic E-state index is 13.2. The first-order chi connectivity index (χ1) is 15.5. The third kappa shape index (κ3) is 4.11. The molecule has 170 valence electrons. The van der Waals surface area contributed by atoms with Crippen molar-refractivity contribution in [2.75, 3.05) is 4.90 Å². The summed E-state index contributed by atoms with van der Waals surface area (Å²) in [5.41, 5.74) is 4.29. The molecule has 4 rings (SSSR count). The number of anilines is 1. The molecular formula is C27H28N2O3S. The number of aryl methyl sites for hydroxylation is 3. The summed E-state index contributed by atoms with van der Waals surface area (Å²) < 4.78 is 0. The molecule has 2 heterocycles. The summed E-state index contributed by atoms with van der Waals surface area (Å²) >= 11 is 1.37. The fraction of sp³-hybridized carbons (Fsp3) is 0.296. The highest BCUT2D eigenvalue weighted by atomic mass is 32.1. The second-order valence-corrected chi connectivity index (χ2v) is 10.7. The van der Waals surface area contributed by atoms with Crippen LogP contribution in [0.2, 0.25) is 0 Å². The minimum atomic E-state index is -0.759. The van der Waals surface area contributed by atoms with Crippen molar-refractivity contribution in [3.63, 3.8) is 0 Å². The maximum absolute atomic E-state index is 13.2. The number of aromatic nitrogens is 1. The zero-order chi connectivity index (χ0) is 24.1. The van der Waals surface area contributed by atoms with Crippen LogP contribution in [0, 0.1) is 20.8 Å². The van der Waals surface area contributed by atoms with E-state index in [-0.39, 0.29) is 16.7 Å². The number of aliphatic hydroxyl groups is 1. The van der Waals surface area contributed by atoms with Gasteiger partial charge in [-0.3, -0.25) is 14.5 Å². The van der Waals surface area contributed by atoms with Crippen LogP contribution in [0.4, 0.5) is 5.13 Å². The normalized spacial score (nSPS) is 18.2. The number of carbonyl (C=O) groups is 2. The van der Waals surface area contributed by atoms with E-state index in [0.29, 0.717) is 10.7 Å². The third-order valence-corrected chi connectivity index (χ3v) is 7.16. The number of nitrogens with zero attached hydrogens (tertiary/aromatic N) is 2. The standard InChI is InChI=1S/C27H28N2O3S/c1-15-7-9-19(10-8-15)23(30)21-22(18-11-13-20(14-12-18)27(4,5)6)29(25(32)24(21)31)26-28-16(2)17(3)33-26/h7-14,22,30H,1-6H3/t22-/m0/s1. The van der Waals surface area contributed by atoms with Gasteiger partial charge in [0.2, 0.25) is 0 Å². The smallest absolute Gasteiger partial charge is 0.301 e. The fourth-order valence-corrected chi connectivity index (χ4v) is 4.87. The van der Waals surface area contributed by atoms with Gasteiger partial charge in [0.1, 0.15) is 5.76 Å². The number of Topliss-reactive ketones (excluding diaryl/α,β-unsaturated/α-hetero) is 1. The van der Waals surface area contributed by atoms with Crippen LogP contribution < -0.4 is 4.90 Å². The van der Waals surface area contributed by atoms with E-state index in [2.05, 4.69) is 25.8 Å².